The van der Waals surface area contributed by atoms with E-state index < -0.39 is 0 Å². The highest BCUT2D eigenvalue weighted by molar-refractivity contribution is 5.93. The minimum absolute atomic E-state index is 0.00766. The lowest BCUT2D eigenvalue weighted by atomic mass is 10.1. The fourth-order valence-corrected chi connectivity index (χ4v) is 3.18. The van der Waals surface area contributed by atoms with E-state index >= 15 is 0 Å². The van der Waals surface area contributed by atoms with E-state index in [-0.39, 0.29) is 12.0 Å². The predicted molar refractivity (Wildman–Crippen MR) is 114 cm³/mol. The molecular formula is C21H35N5O2. The number of nitrogens with one attached hydrogen (secondary N) is 2. The van der Waals surface area contributed by atoms with Crippen LogP contribution in [0.2, 0.25) is 0 Å². The summed E-state index contributed by atoms with van der Waals surface area (Å²) < 4.78 is 0. The van der Waals surface area contributed by atoms with Crippen LogP contribution in [0.5, 0.6) is 0 Å². The fourth-order valence-electron chi connectivity index (χ4n) is 3.18. The van der Waals surface area contributed by atoms with Crippen LogP contribution in [0.3, 0.4) is 0 Å². The van der Waals surface area contributed by atoms with Crippen molar-refractivity contribution < 1.29 is 9.90 Å². The minimum atomic E-state index is -0.114. The number of aliphatic imine (C=N–C) groups is 1. The van der Waals surface area contributed by atoms with E-state index in [4.69, 9.17) is 0 Å². The molecule has 1 fully saturated rings. The zero-order valence-corrected chi connectivity index (χ0v) is 17.4. The van der Waals surface area contributed by atoms with Crippen LogP contribution in [0, 0.1) is 0 Å². The summed E-state index contributed by atoms with van der Waals surface area (Å²) in [5.74, 6) is 0.818. The molecule has 0 aliphatic carbocycles. The number of likely N-dealkylation sites (tertiary alicyclic amines) is 1. The molecule has 1 aliphatic heterocycles. The van der Waals surface area contributed by atoms with Gasteiger partial charge in [-0.1, -0.05) is 12.1 Å². The minimum Gasteiger partial charge on any atom is -0.393 e. The molecule has 1 aromatic carbocycles. The SMILES string of the molecule is CCNC(=NCc1ccc(C(=O)N(C)C)cc1)NCCCN1CCC(O)CC1. The molecule has 0 saturated carbocycles. The van der Waals surface area contributed by atoms with Gasteiger partial charge in [0.15, 0.2) is 5.96 Å². The number of guanidine groups is 1. The monoisotopic (exact) mass is 389 g/mol. The van der Waals surface area contributed by atoms with Gasteiger partial charge in [0.2, 0.25) is 0 Å². The summed E-state index contributed by atoms with van der Waals surface area (Å²) in [5.41, 5.74) is 1.76. The van der Waals surface area contributed by atoms with Gasteiger partial charge in [0.05, 0.1) is 12.6 Å². The Labute approximate surface area is 168 Å². The van der Waals surface area contributed by atoms with Crippen molar-refractivity contribution >= 4 is 11.9 Å². The Morgan fingerprint density at radius 2 is 1.89 bits per heavy atom. The first-order valence-electron chi connectivity index (χ1n) is 10.2. The number of benzene rings is 1. The van der Waals surface area contributed by atoms with E-state index in [0.717, 1.165) is 63.5 Å². The summed E-state index contributed by atoms with van der Waals surface area (Å²) >= 11 is 0. The van der Waals surface area contributed by atoms with E-state index in [1.165, 1.54) is 0 Å². The first-order chi connectivity index (χ1) is 13.5. The summed E-state index contributed by atoms with van der Waals surface area (Å²) in [6.45, 7) is 7.31. The molecule has 0 atom stereocenters. The second kappa shape index (κ2) is 11.7. The maximum absolute atomic E-state index is 11.9. The fraction of sp³-hybridized carbons (Fsp3) is 0.619. The van der Waals surface area contributed by atoms with Crippen molar-refractivity contribution in [2.24, 2.45) is 4.99 Å². The third kappa shape index (κ3) is 7.48. The summed E-state index contributed by atoms with van der Waals surface area (Å²) in [4.78, 5) is 20.6. The molecule has 1 aromatic rings. The van der Waals surface area contributed by atoms with Crippen molar-refractivity contribution in [2.75, 3.05) is 46.8 Å². The van der Waals surface area contributed by atoms with Crippen molar-refractivity contribution in [3.8, 4) is 0 Å². The molecular weight excluding hydrogens is 354 g/mol. The maximum atomic E-state index is 11.9. The first-order valence-corrected chi connectivity index (χ1v) is 10.2. The van der Waals surface area contributed by atoms with Gasteiger partial charge < -0.3 is 25.5 Å². The Balaban J connectivity index is 1.77. The highest BCUT2D eigenvalue weighted by Gasteiger charge is 2.16. The number of hydrogen-bond donors (Lipinski definition) is 3. The van der Waals surface area contributed by atoms with E-state index in [2.05, 4.69) is 27.4 Å². The third-order valence-electron chi connectivity index (χ3n) is 4.87. The summed E-state index contributed by atoms with van der Waals surface area (Å²) in [5, 5.41) is 16.2. The molecule has 2 rings (SSSR count). The Bertz CT molecular complexity index is 622. The Morgan fingerprint density at radius 3 is 2.50 bits per heavy atom. The first kappa shape index (κ1) is 22.2. The molecule has 0 bridgehead atoms. The van der Waals surface area contributed by atoms with Gasteiger partial charge in [0.25, 0.3) is 5.91 Å². The second-order valence-corrected chi connectivity index (χ2v) is 7.44. The van der Waals surface area contributed by atoms with Crippen LogP contribution in [0.15, 0.2) is 29.3 Å². The van der Waals surface area contributed by atoms with Crippen LogP contribution in [0.1, 0.15) is 42.1 Å². The van der Waals surface area contributed by atoms with Gasteiger partial charge in [-0.05, 0) is 50.4 Å². The van der Waals surface area contributed by atoms with Crippen molar-refractivity contribution in [1.82, 2.24) is 20.4 Å². The maximum Gasteiger partial charge on any atom is 0.253 e. The van der Waals surface area contributed by atoms with Crippen LogP contribution in [-0.2, 0) is 6.54 Å². The van der Waals surface area contributed by atoms with Crippen LogP contribution >= 0.6 is 0 Å². The zero-order valence-electron chi connectivity index (χ0n) is 17.4. The second-order valence-electron chi connectivity index (χ2n) is 7.44. The highest BCUT2D eigenvalue weighted by Crippen LogP contribution is 2.10. The molecule has 0 radical (unpaired) electrons. The van der Waals surface area contributed by atoms with Crippen molar-refractivity contribution in [3.63, 3.8) is 0 Å². The molecule has 1 heterocycles. The van der Waals surface area contributed by atoms with E-state index in [1.807, 2.05) is 24.3 Å². The van der Waals surface area contributed by atoms with Gasteiger partial charge in [0, 0.05) is 45.8 Å². The highest BCUT2D eigenvalue weighted by atomic mass is 16.3. The topological polar surface area (TPSA) is 80.2 Å². The van der Waals surface area contributed by atoms with Crippen LogP contribution in [-0.4, -0.2) is 79.7 Å². The lowest BCUT2D eigenvalue weighted by Crippen LogP contribution is -2.40. The number of piperidine rings is 1. The lowest BCUT2D eigenvalue weighted by Gasteiger charge is -2.29. The van der Waals surface area contributed by atoms with Crippen molar-refractivity contribution in [2.45, 2.75) is 38.8 Å². The van der Waals surface area contributed by atoms with Crippen molar-refractivity contribution in [1.29, 1.82) is 0 Å². The quantitative estimate of drug-likeness (QED) is 0.355. The average molecular weight is 390 g/mol. The molecule has 1 amide bonds. The molecule has 28 heavy (non-hydrogen) atoms. The number of nitrogens with zero attached hydrogens (tertiary/aromatic N) is 3. The Morgan fingerprint density at radius 1 is 1.21 bits per heavy atom. The predicted octanol–water partition coefficient (Wildman–Crippen LogP) is 1.29. The lowest BCUT2D eigenvalue weighted by molar-refractivity contribution is 0.0820. The average Bonchev–Trinajstić information content (AvgIpc) is 2.70. The molecule has 3 N–H and O–H groups in total. The van der Waals surface area contributed by atoms with Gasteiger partial charge in [-0.3, -0.25) is 4.79 Å². The molecule has 156 valence electrons. The zero-order chi connectivity index (χ0) is 20.4. The van der Waals surface area contributed by atoms with Gasteiger partial charge in [0.1, 0.15) is 0 Å². The Hall–Kier alpha value is -2.12. The molecule has 0 unspecified atom stereocenters. The number of aliphatic hydroxyl groups excluding tert-OH is 1. The number of amides is 1. The van der Waals surface area contributed by atoms with Gasteiger partial charge in [-0.15, -0.1) is 0 Å². The normalized spacial score (nSPS) is 16.1. The van der Waals surface area contributed by atoms with Crippen molar-refractivity contribution in [3.05, 3.63) is 35.4 Å². The number of hydrogen-bond acceptors (Lipinski definition) is 4. The Kier molecular flexibility index (Phi) is 9.23. The van der Waals surface area contributed by atoms with Gasteiger partial charge in [-0.2, -0.15) is 0 Å². The number of rotatable bonds is 8. The third-order valence-corrected chi connectivity index (χ3v) is 4.87. The number of carbonyl (C=O) groups is 1. The molecule has 7 heteroatoms. The molecule has 0 aromatic heterocycles. The van der Waals surface area contributed by atoms with Crippen LogP contribution in [0.25, 0.3) is 0 Å². The van der Waals surface area contributed by atoms with Gasteiger partial charge >= 0.3 is 0 Å². The van der Waals surface area contributed by atoms with E-state index in [1.54, 1.807) is 19.0 Å². The van der Waals surface area contributed by atoms with E-state index in [9.17, 15) is 9.90 Å². The van der Waals surface area contributed by atoms with Gasteiger partial charge in [-0.25, -0.2) is 4.99 Å². The van der Waals surface area contributed by atoms with E-state index in [0.29, 0.717) is 12.1 Å². The summed E-state index contributed by atoms with van der Waals surface area (Å²) in [6, 6.07) is 7.61. The summed E-state index contributed by atoms with van der Waals surface area (Å²) in [6.07, 6.45) is 2.70. The largest absolute Gasteiger partial charge is 0.393 e. The summed E-state index contributed by atoms with van der Waals surface area (Å²) in [7, 11) is 3.51. The van der Waals surface area contributed by atoms with Crippen LogP contribution in [0.4, 0.5) is 0 Å². The molecule has 1 aliphatic rings. The molecule has 0 spiro atoms. The smallest absolute Gasteiger partial charge is 0.253 e. The molecule has 7 nitrogen and oxygen atoms in total. The molecule has 1 saturated heterocycles. The van der Waals surface area contributed by atoms with Crippen LogP contribution < -0.4 is 10.6 Å². The number of carbonyl (C=O) groups excluding carboxylic acids is 1. The standard InChI is InChI=1S/C21H35N5O2/c1-4-22-21(23-12-5-13-26-14-10-19(27)11-15-26)24-16-17-6-8-18(9-7-17)20(28)25(2)3/h6-9,19,27H,4-5,10-16H2,1-3H3,(H2,22,23,24). The number of aliphatic hydroxyl groups is 1.